The Morgan fingerprint density at radius 2 is 1.50 bits per heavy atom. The molecule has 0 saturated heterocycles. The highest BCUT2D eigenvalue weighted by Gasteiger charge is 2.35. The summed E-state index contributed by atoms with van der Waals surface area (Å²) < 4.78 is 5.91. The minimum Gasteiger partial charge on any atom is -0.427 e. The zero-order chi connectivity index (χ0) is 18.1. The third kappa shape index (κ3) is 3.89. The molecule has 3 nitrogen and oxygen atoms in total. The Morgan fingerprint density at radius 3 is 2.08 bits per heavy atom. The molecule has 0 radical (unpaired) electrons. The van der Waals surface area contributed by atoms with E-state index in [1.54, 1.807) is 19.9 Å². The minimum absolute atomic E-state index is 0.281. The smallest absolute Gasteiger partial charge is 0.310 e. The fourth-order valence-electron chi connectivity index (χ4n) is 2.09. The Labute approximate surface area is 154 Å². The number of aliphatic hydroxyl groups is 1. The van der Waals surface area contributed by atoms with Crippen molar-refractivity contribution < 1.29 is 9.76 Å². The van der Waals surface area contributed by atoms with Gasteiger partial charge in [0.1, 0.15) is 0 Å². The van der Waals surface area contributed by atoms with E-state index in [9.17, 15) is 5.11 Å². The molecular formula is C18H22BCl2NO2. The molecule has 0 bridgehead atoms. The largest absolute Gasteiger partial charge is 0.427 e. The molecule has 0 aliphatic rings. The molecule has 0 amide bonds. The molecule has 3 N–H and O–H groups in total. The van der Waals surface area contributed by atoms with E-state index in [2.05, 4.69) is 0 Å². The first kappa shape index (κ1) is 19.1. The fourth-order valence-corrected chi connectivity index (χ4v) is 2.60. The van der Waals surface area contributed by atoms with Gasteiger partial charge in [-0.2, -0.15) is 0 Å². The van der Waals surface area contributed by atoms with Gasteiger partial charge in [-0.25, -0.2) is 0 Å². The Balaban J connectivity index is 2.34. The van der Waals surface area contributed by atoms with Crippen LogP contribution in [0.1, 0.15) is 27.7 Å². The van der Waals surface area contributed by atoms with Crippen LogP contribution in [0.25, 0.3) is 11.1 Å². The summed E-state index contributed by atoms with van der Waals surface area (Å²) in [6, 6.07) is 11.2. The molecule has 0 unspecified atom stereocenters. The lowest BCUT2D eigenvalue weighted by molar-refractivity contribution is -0.0893. The monoisotopic (exact) mass is 365 g/mol. The lowest BCUT2D eigenvalue weighted by atomic mass is 9.81. The molecule has 24 heavy (non-hydrogen) atoms. The highest BCUT2D eigenvalue weighted by Crippen LogP contribution is 2.35. The van der Waals surface area contributed by atoms with Crippen molar-refractivity contribution in [1.82, 2.24) is 0 Å². The SMILES string of the molecule is CC(C)(O)C(C)(C)OBc1cccc(-c2cccc(N)c2Cl)c1Cl. The Morgan fingerprint density at radius 1 is 0.958 bits per heavy atom. The third-order valence-corrected chi connectivity index (χ3v) is 5.33. The number of nitrogen functional groups attached to an aromatic ring is 1. The van der Waals surface area contributed by atoms with Gasteiger partial charge in [0.2, 0.25) is 0 Å². The van der Waals surface area contributed by atoms with E-state index in [0.717, 1.165) is 16.6 Å². The third-order valence-electron chi connectivity index (χ3n) is 4.46. The normalized spacial score (nSPS) is 12.3. The van der Waals surface area contributed by atoms with Gasteiger partial charge in [-0.05, 0) is 39.2 Å². The summed E-state index contributed by atoms with van der Waals surface area (Å²) in [4.78, 5) is 0. The van der Waals surface area contributed by atoms with Crippen molar-refractivity contribution in [1.29, 1.82) is 0 Å². The van der Waals surface area contributed by atoms with E-state index in [0.29, 0.717) is 15.7 Å². The van der Waals surface area contributed by atoms with Crippen LogP contribution in [0.15, 0.2) is 36.4 Å². The molecule has 0 fully saturated rings. The zero-order valence-electron chi connectivity index (χ0n) is 14.4. The number of rotatable bonds is 5. The van der Waals surface area contributed by atoms with Crippen LogP contribution in [-0.2, 0) is 4.65 Å². The molecule has 0 aliphatic heterocycles. The molecule has 6 heteroatoms. The van der Waals surface area contributed by atoms with Crippen LogP contribution >= 0.6 is 23.2 Å². The van der Waals surface area contributed by atoms with Gasteiger partial charge in [-0.1, -0.05) is 53.5 Å². The maximum atomic E-state index is 10.2. The second-order valence-corrected chi connectivity index (χ2v) is 7.60. The van der Waals surface area contributed by atoms with E-state index < -0.39 is 11.2 Å². The quantitative estimate of drug-likeness (QED) is 0.626. The van der Waals surface area contributed by atoms with Gasteiger partial charge in [0.25, 0.3) is 0 Å². The molecule has 0 saturated carbocycles. The van der Waals surface area contributed by atoms with Crippen molar-refractivity contribution in [3.05, 3.63) is 46.4 Å². The first-order valence-corrected chi connectivity index (χ1v) is 8.48. The predicted octanol–water partition coefficient (Wildman–Crippen LogP) is 3.79. The lowest BCUT2D eigenvalue weighted by Crippen LogP contribution is -2.49. The van der Waals surface area contributed by atoms with E-state index in [1.807, 2.05) is 44.2 Å². The molecule has 2 aromatic carbocycles. The fraction of sp³-hybridized carbons (Fsp3) is 0.333. The molecule has 0 heterocycles. The molecule has 0 aliphatic carbocycles. The summed E-state index contributed by atoms with van der Waals surface area (Å²) in [5, 5.41) is 11.3. The van der Waals surface area contributed by atoms with Crippen LogP contribution < -0.4 is 11.2 Å². The molecule has 0 spiro atoms. The molecule has 128 valence electrons. The van der Waals surface area contributed by atoms with Crippen LogP contribution in [0.4, 0.5) is 5.69 Å². The van der Waals surface area contributed by atoms with Crippen molar-refractivity contribution in [3.63, 3.8) is 0 Å². The Bertz CT molecular complexity index is 742. The van der Waals surface area contributed by atoms with Crippen LogP contribution in [0.5, 0.6) is 0 Å². The average molecular weight is 366 g/mol. The summed E-state index contributed by atoms with van der Waals surface area (Å²) in [5.74, 6) is 0. The Kier molecular flexibility index (Phi) is 5.55. The van der Waals surface area contributed by atoms with Crippen molar-refractivity contribution in [3.8, 4) is 11.1 Å². The van der Waals surface area contributed by atoms with Crippen LogP contribution in [-0.4, -0.2) is 23.8 Å². The maximum Gasteiger partial charge on any atom is 0.310 e. The van der Waals surface area contributed by atoms with Gasteiger partial charge in [-0.3, -0.25) is 0 Å². The van der Waals surface area contributed by atoms with Gasteiger partial charge in [0.15, 0.2) is 0 Å². The number of halogens is 2. The van der Waals surface area contributed by atoms with Crippen molar-refractivity contribution in [2.45, 2.75) is 38.9 Å². The first-order chi connectivity index (χ1) is 11.0. The summed E-state index contributed by atoms with van der Waals surface area (Å²) >= 11 is 12.9. The summed E-state index contributed by atoms with van der Waals surface area (Å²) in [6.45, 7) is 7.13. The molecule has 2 rings (SSSR count). The van der Waals surface area contributed by atoms with Gasteiger partial charge >= 0.3 is 7.48 Å². The number of benzene rings is 2. The highest BCUT2D eigenvalue weighted by atomic mass is 35.5. The standard InChI is InChI=1S/C18H22BCl2NO2/c1-17(2,23)18(3,4)24-19-13-9-5-7-11(15(13)20)12-8-6-10-14(22)16(12)21/h5-10,19,23H,22H2,1-4H3. The predicted molar refractivity (Wildman–Crippen MR) is 105 cm³/mol. The number of hydrogen-bond acceptors (Lipinski definition) is 3. The summed E-state index contributed by atoms with van der Waals surface area (Å²) in [5.41, 5.74) is 7.10. The van der Waals surface area contributed by atoms with Crippen molar-refractivity contribution >= 4 is 41.8 Å². The number of anilines is 1. The van der Waals surface area contributed by atoms with E-state index >= 15 is 0 Å². The average Bonchev–Trinajstić information content (AvgIpc) is 2.48. The van der Waals surface area contributed by atoms with E-state index in [1.165, 1.54) is 0 Å². The Hall–Kier alpha value is -1.20. The van der Waals surface area contributed by atoms with Crippen molar-refractivity contribution in [2.24, 2.45) is 0 Å². The van der Waals surface area contributed by atoms with Crippen molar-refractivity contribution in [2.75, 3.05) is 5.73 Å². The molecule has 2 aromatic rings. The maximum absolute atomic E-state index is 10.2. The molecule has 0 aromatic heterocycles. The summed E-state index contributed by atoms with van der Waals surface area (Å²) in [7, 11) is 0.281. The highest BCUT2D eigenvalue weighted by molar-refractivity contribution is 6.54. The second kappa shape index (κ2) is 6.97. The minimum atomic E-state index is -0.978. The number of hydrogen-bond donors (Lipinski definition) is 2. The van der Waals surface area contributed by atoms with Crippen LogP contribution in [0.3, 0.4) is 0 Å². The molecule has 0 atom stereocenters. The van der Waals surface area contributed by atoms with E-state index in [4.69, 9.17) is 33.6 Å². The summed E-state index contributed by atoms with van der Waals surface area (Å²) in [6.07, 6.45) is 0. The van der Waals surface area contributed by atoms with Gasteiger partial charge in [0.05, 0.1) is 21.9 Å². The zero-order valence-corrected chi connectivity index (χ0v) is 15.9. The molecular weight excluding hydrogens is 344 g/mol. The number of nitrogens with two attached hydrogens (primary N) is 1. The van der Waals surface area contributed by atoms with E-state index in [-0.39, 0.29) is 7.48 Å². The van der Waals surface area contributed by atoms with Gasteiger partial charge in [-0.15, -0.1) is 0 Å². The lowest BCUT2D eigenvalue weighted by Gasteiger charge is -2.37. The first-order valence-electron chi connectivity index (χ1n) is 7.72. The second-order valence-electron chi connectivity index (χ2n) is 6.85. The van der Waals surface area contributed by atoms with Gasteiger partial charge in [0, 0.05) is 16.1 Å². The topological polar surface area (TPSA) is 55.5 Å². The van der Waals surface area contributed by atoms with Gasteiger partial charge < -0.3 is 15.5 Å². The van der Waals surface area contributed by atoms with Crippen LogP contribution in [0, 0.1) is 0 Å². The van der Waals surface area contributed by atoms with Crippen LogP contribution in [0.2, 0.25) is 10.0 Å².